The molecule has 0 aliphatic heterocycles. The summed E-state index contributed by atoms with van der Waals surface area (Å²) in [5, 5.41) is 8.07. The van der Waals surface area contributed by atoms with Gasteiger partial charge in [-0.2, -0.15) is 0 Å². The van der Waals surface area contributed by atoms with Crippen molar-refractivity contribution in [2.24, 2.45) is 5.14 Å². The second-order valence-electron chi connectivity index (χ2n) is 4.71. The SMILES string of the molecule is CCC(C)NC(=O)C(C)Oc1ccc(Cl)cc1S(N)(=O)=O. The molecule has 0 heterocycles. The lowest BCUT2D eigenvalue weighted by Crippen LogP contribution is -2.41. The van der Waals surface area contributed by atoms with Crippen molar-refractivity contribution in [2.45, 2.75) is 44.2 Å². The van der Waals surface area contributed by atoms with Crippen molar-refractivity contribution in [3.8, 4) is 5.75 Å². The zero-order valence-corrected chi connectivity index (χ0v) is 13.7. The third kappa shape index (κ3) is 5.18. The number of sulfonamides is 1. The Morgan fingerprint density at radius 2 is 2.05 bits per heavy atom. The molecule has 2 unspecified atom stereocenters. The number of benzene rings is 1. The lowest BCUT2D eigenvalue weighted by atomic mass is 10.2. The number of carbonyl (C=O) groups excluding carboxylic acids is 1. The molecule has 1 aromatic rings. The number of halogens is 1. The molecule has 0 radical (unpaired) electrons. The number of carbonyl (C=O) groups is 1. The molecule has 118 valence electrons. The number of amides is 1. The van der Waals surface area contributed by atoms with Crippen LogP contribution in [0, 0.1) is 0 Å². The summed E-state index contributed by atoms with van der Waals surface area (Å²) in [6.07, 6.45) is -0.0809. The third-order valence-electron chi connectivity index (χ3n) is 2.89. The summed E-state index contributed by atoms with van der Waals surface area (Å²) in [5.41, 5.74) is 0. The molecule has 3 N–H and O–H groups in total. The first-order valence-corrected chi connectivity index (χ1v) is 8.37. The smallest absolute Gasteiger partial charge is 0.260 e. The number of nitrogens with one attached hydrogen (secondary N) is 1. The standard InChI is InChI=1S/C13H19ClN2O4S/c1-4-8(2)16-13(17)9(3)20-11-6-5-10(14)7-12(11)21(15,18)19/h5-9H,4H2,1-3H3,(H,16,17)(H2,15,18,19). The Labute approximate surface area is 129 Å². The molecule has 0 fully saturated rings. The number of ether oxygens (including phenoxy) is 1. The van der Waals surface area contributed by atoms with E-state index in [9.17, 15) is 13.2 Å². The van der Waals surface area contributed by atoms with Gasteiger partial charge in [0.05, 0.1) is 0 Å². The van der Waals surface area contributed by atoms with Crippen molar-refractivity contribution >= 4 is 27.5 Å². The Bertz CT molecular complexity index is 619. The van der Waals surface area contributed by atoms with E-state index in [-0.39, 0.29) is 27.6 Å². The van der Waals surface area contributed by atoms with E-state index in [0.29, 0.717) is 0 Å². The highest BCUT2D eigenvalue weighted by atomic mass is 35.5. The van der Waals surface area contributed by atoms with Crippen molar-refractivity contribution in [1.29, 1.82) is 0 Å². The van der Waals surface area contributed by atoms with Gasteiger partial charge in [0.15, 0.2) is 6.10 Å². The van der Waals surface area contributed by atoms with Gasteiger partial charge in [-0.1, -0.05) is 18.5 Å². The van der Waals surface area contributed by atoms with Crippen molar-refractivity contribution in [3.05, 3.63) is 23.2 Å². The van der Waals surface area contributed by atoms with Gasteiger partial charge in [0.1, 0.15) is 10.6 Å². The minimum atomic E-state index is -4.00. The molecule has 0 saturated carbocycles. The molecule has 0 saturated heterocycles. The number of nitrogens with two attached hydrogens (primary N) is 1. The van der Waals surface area contributed by atoms with E-state index in [0.717, 1.165) is 6.42 Å². The van der Waals surface area contributed by atoms with Crippen LogP contribution in [-0.4, -0.2) is 26.5 Å². The molecule has 2 atom stereocenters. The van der Waals surface area contributed by atoms with Gasteiger partial charge in [0, 0.05) is 11.1 Å². The Balaban J connectivity index is 2.95. The van der Waals surface area contributed by atoms with Gasteiger partial charge in [-0.15, -0.1) is 0 Å². The second kappa shape index (κ2) is 7.11. The maximum absolute atomic E-state index is 11.9. The van der Waals surface area contributed by atoms with Crippen LogP contribution in [0.25, 0.3) is 0 Å². The molecule has 6 nitrogen and oxygen atoms in total. The van der Waals surface area contributed by atoms with Gasteiger partial charge in [-0.05, 0) is 38.5 Å². The summed E-state index contributed by atoms with van der Waals surface area (Å²) in [4.78, 5) is 11.7. The lowest BCUT2D eigenvalue weighted by molar-refractivity contribution is -0.128. The normalized spacial score (nSPS) is 14.3. The molecule has 0 spiro atoms. The predicted molar refractivity (Wildman–Crippen MR) is 80.8 cm³/mol. The van der Waals surface area contributed by atoms with Crippen LogP contribution < -0.4 is 15.2 Å². The van der Waals surface area contributed by atoms with Crippen LogP contribution in [0.15, 0.2) is 23.1 Å². The van der Waals surface area contributed by atoms with Crippen molar-refractivity contribution in [3.63, 3.8) is 0 Å². The summed E-state index contributed by atoms with van der Waals surface area (Å²) in [6.45, 7) is 5.33. The van der Waals surface area contributed by atoms with Gasteiger partial charge in [0.2, 0.25) is 10.0 Å². The predicted octanol–water partition coefficient (Wildman–Crippen LogP) is 1.67. The molecular formula is C13H19ClN2O4S. The van der Waals surface area contributed by atoms with Crippen molar-refractivity contribution in [1.82, 2.24) is 5.32 Å². The lowest BCUT2D eigenvalue weighted by Gasteiger charge is -2.19. The Morgan fingerprint density at radius 1 is 1.43 bits per heavy atom. The average molecular weight is 335 g/mol. The molecule has 21 heavy (non-hydrogen) atoms. The Kier molecular flexibility index (Phi) is 6.00. The fourth-order valence-corrected chi connectivity index (χ4v) is 2.43. The minimum absolute atomic E-state index is 0.00583. The highest BCUT2D eigenvalue weighted by Gasteiger charge is 2.21. The van der Waals surface area contributed by atoms with Crippen LogP contribution in [0.2, 0.25) is 5.02 Å². The van der Waals surface area contributed by atoms with Gasteiger partial charge in [-0.3, -0.25) is 4.79 Å². The van der Waals surface area contributed by atoms with Crippen LogP contribution in [0.3, 0.4) is 0 Å². The summed E-state index contributed by atoms with van der Waals surface area (Å²) in [6, 6.07) is 4.03. The van der Waals surface area contributed by atoms with Crippen LogP contribution >= 0.6 is 11.6 Å². The number of hydrogen-bond acceptors (Lipinski definition) is 4. The van der Waals surface area contributed by atoms with E-state index < -0.39 is 16.1 Å². The molecule has 8 heteroatoms. The topological polar surface area (TPSA) is 98.5 Å². The first-order valence-electron chi connectivity index (χ1n) is 6.44. The van der Waals surface area contributed by atoms with Gasteiger partial charge in [0.25, 0.3) is 5.91 Å². The van der Waals surface area contributed by atoms with Crippen LogP contribution in [-0.2, 0) is 14.8 Å². The van der Waals surface area contributed by atoms with Crippen LogP contribution in [0.5, 0.6) is 5.75 Å². The second-order valence-corrected chi connectivity index (χ2v) is 6.68. The Morgan fingerprint density at radius 3 is 2.57 bits per heavy atom. The van der Waals surface area contributed by atoms with Crippen molar-refractivity contribution in [2.75, 3.05) is 0 Å². The number of rotatable bonds is 6. The van der Waals surface area contributed by atoms with Gasteiger partial charge in [-0.25, -0.2) is 13.6 Å². The highest BCUT2D eigenvalue weighted by Crippen LogP contribution is 2.27. The minimum Gasteiger partial charge on any atom is -0.479 e. The monoisotopic (exact) mass is 334 g/mol. The maximum Gasteiger partial charge on any atom is 0.260 e. The molecule has 0 aliphatic carbocycles. The van der Waals surface area contributed by atoms with E-state index >= 15 is 0 Å². The highest BCUT2D eigenvalue weighted by molar-refractivity contribution is 7.89. The molecular weight excluding hydrogens is 316 g/mol. The van der Waals surface area contributed by atoms with E-state index in [1.165, 1.54) is 25.1 Å². The van der Waals surface area contributed by atoms with Crippen LogP contribution in [0.4, 0.5) is 0 Å². The molecule has 1 rings (SSSR count). The first-order chi connectivity index (χ1) is 9.65. The number of hydrogen-bond donors (Lipinski definition) is 2. The van der Waals surface area contributed by atoms with Crippen LogP contribution in [0.1, 0.15) is 27.2 Å². The van der Waals surface area contributed by atoms with E-state index in [1.807, 2.05) is 13.8 Å². The average Bonchev–Trinajstić information content (AvgIpc) is 2.39. The van der Waals surface area contributed by atoms with Crippen molar-refractivity contribution < 1.29 is 17.9 Å². The van der Waals surface area contributed by atoms with E-state index in [4.69, 9.17) is 21.5 Å². The summed E-state index contributed by atoms with van der Waals surface area (Å²) in [7, 11) is -4.00. The Hall–Kier alpha value is -1.31. The first kappa shape index (κ1) is 17.7. The third-order valence-corrected chi connectivity index (χ3v) is 4.05. The quantitative estimate of drug-likeness (QED) is 0.826. The zero-order chi connectivity index (χ0) is 16.2. The molecule has 1 aromatic carbocycles. The van der Waals surface area contributed by atoms with E-state index in [1.54, 1.807) is 0 Å². The summed E-state index contributed by atoms with van der Waals surface area (Å²) < 4.78 is 28.4. The maximum atomic E-state index is 11.9. The number of primary sulfonamides is 1. The summed E-state index contributed by atoms with van der Waals surface area (Å²) in [5.74, 6) is -0.339. The molecule has 0 aromatic heterocycles. The van der Waals surface area contributed by atoms with Gasteiger partial charge >= 0.3 is 0 Å². The molecule has 0 bridgehead atoms. The van der Waals surface area contributed by atoms with E-state index in [2.05, 4.69) is 5.32 Å². The largest absolute Gasteiger partial charge is 0.479 e. The summed E-state index contributed by atoms with van der Waals surface area (Å²) >= 11 is 5.75. The zero-order valence-electron chi connectivity index (χ0n) is 12.1. The molecule has 1 amide bonds. The van der Waals surface area contributed by atoms with Gasteiger partial charge < -0.3 is 10.1 Å². The fraction of sp³-hybridized carbons (Fsp3) is 0.462. The fourth-order valence-electron chi connectivity index (χ4n) is 1.51. The molecule has 0 aliphatic rings.